The van der Waals surface area contributed by atoms with Crippen molar-refractivity contribution in [2.24, 2.45) is 5.92 Å². The Morgan fingerprint density at radius 2 is 1.82 bits per heavy atom. The van der Waals surface area contributed by atoms with Crippen LogP contribution >= 0.6 is 0 Å². The molecule has 3 rings (SSSR count). The molecular weight excluding hydrogens is 374 g/mol. The van der Waals surface area contributed by atoms with E-state index >= 15 is 0 Å². The van der Waals surface area contributed by atoms with Gasteiger partial charge in [0.25, 0.3) is 0 Å². The molecule has 1 aliphatic rings. The van der Waals surface area contributed by atoms with E-state index in [2.05, 4.69) is 0 Å². The number of alkyl halides is 3. The van der Waals surface area contributed by atoms with Gasteiger partial charge in [-0.3, -0.25) is 4.90 Å². The number of ether oxygens (including phenoxy) is 1. The number of esters is 1. The average molecular weight is 395 g/mol. The molecule has 0 aromatic heterocycles. The van der Waals surface area contributed by atoms with Gasteiger partial charge in [0.2, 0.25) is 0 Å². The molecule has 1 heterocycles. The fourth-order valence-corrected chi connectivity index (χ4v) is 3.72. The first-order chi connectivity index (χ1) is 13.3. The predicted molar refractivity (Wildman–Crippen MR) is 96.2 cm³/mol. The molecule has 0 amide bonds. The van der Waals surface area contributed by atoms with E-state index in [0.29, 0.717) is 0 Å². The monoisotopic (exact) mass is 395 g/mol. The van der Waals surface area contributed by atoms with Crippen molar-refractivity contribution in [3.05, 3.63) is 71.0 Å². The zero-order chi connectivity index (χ0) is 20.3. The van der Waals surface area contributed by atoms with Crippen LogP contribution in [0.2, 0.25) is 0 Å². The molecule has 0 aliphatic carbocycles. The Bertz CT molecular complexity index is 820. The van der Waals surface area contributed by atoms with Crippen molar-refractivity contribution in [2.75, 3.05) is 20.2 Å². The minimum Gasteiger partial charge on any atom is -0.462 e. The Kier molecular flexibility index (Phi) is 6.03. The molecule has 1 fully saturated rings. The van der Waals surface area contributed by atoms with Crippen LogP contribution in [0.3, 0.4) is 0 Å². The van der Waals surface area contributed by atoms with Gasteiger partial charge in [-0.05, 0) is 56.3 Å². The Hall–Kier alpha value is -2.41. The molecule has 28 heavy (non-hydrogen) atoms. The summed E-state index contributed by atoms with van der Waals surface area (Å²) in [6.45, 7) is 0.868. The highest BCUT2D eigenvalue weighted by molar-refractivity contribution is 5.89. The van der Waals surface area contributed by atoms with Crippen molar-refractivity contribution in [2.45, 2.75) is 25.1 Å². The molecule has 0 spiro atoms. The zero-order valence-electron chi connectivity index (χ0n) is 15.4. The van der Waals surface area contributed by atoms with Gasteiger partial charge in [0.05, 0.1) is 17.7 Å². The van der Waals surface area contributed by atoms with Gasteiger partial charge in [-0.15, -0.1) is 0 Å². The molecule has 1 saturated heterocycles. The lowest BCUT2D eigenvalue weighted by molar-refractivity contribution is -0.137. The van der Waals surface area contributed by atoms with Gasteiger partial charge in [0.1, 0.15) is 5.82 Å². The molecule has 0 saturated carbocycles. The Morgan fingerprint density at radius 1 is 1.14 bits per heavy atom. The SMILES string of the molecule is CN1CCC[C@H](COC(=O)c2ccccc2F)[C@@H]1c1ccc(C(F)(F)F)cc1. The van der Waals surface area contributed by atoms with Crippen molar-refractivity contribution >= 4 is 5.97 Å². The summed E-state index contributed by atoms with van der Waals surface area (Å²) in [4.78, 5) is 14.2. The molecular formula is C21H21F4NO2. The van der Waals surface area contributed by atoms with Crippen molar-refractivity contribution < 1.29 is 27.1 Å². The van der Waals surface area contributed by atoms with Crippen LogP contribution in [0.15, 0.2) is 48.5 Å². The van der Waals surface area contributed by atoms with E-state index in [0.717, 1.165) is 37.1 Å². The number of nitrogens with zero attached hydrogens (tertiary/aromatic N) is 1. The first kappa shape index (κ1) is 20.3. The maximum absolute atomic E-state index is 13.7. The van der Waals surface area contributed by atoms with E-state index in [1.807, 2.05) is 11.9 Å². The van der Waals surface area contributed by atoms with E-state index in [-0.39, 0.29) is 24.1 Å². The van der Waals surface area contributed by atoms with Gasteiger partial charge >= 0.3 is 12.1 Å². The molecule has 150 valence electrons. The van der Waals surface area contributed by atoms with E-state index in [9.17, 15) is 22.4 Å². The van der Waals surface area contributed by atoms with Crippen LogP contribution in [-0.2, 0) is 10.9 Å². The summed E-state index contributed by atoms with van der Waals surface area (Å²) in [6.07, 6.45) is -2.73. The van der Waals surface area contributed by atoms with Gasteiger partial charge in [-0.1, -0.05) is 24.3 Å². The third-order valence-corrected chi connectivity index (χ3v) is 5.11. The topological polar surface area (TPSA) is 29.5 Å². The van der Waals surface area contributed by atoms with Crippen LogP contribution in [0, 0.1) is 11.7 Å². The number of piperidine rings is 1. The Morgan fingerprint density at radius 3 is 2.46 bits per heavy atom. The van der Waals surface area contributed by atoms with Gasteiger partial charge < -0.3 is 4.74 Å². The second kappa shape index (κ2) is 8.31. The van der Waals surface area contributed by atoms with E-state index < -0.39 is 23.5 Å². The maximum atomic E-state index is 13.7. The van der Waals surface area contributed by atoms with Crippen LogP contribution < -0.4 is 0 Å². The summed E-state index contributed by atoms with van der Waals surface area (Å²) in [5.74, 6) is -1.48. The Balaban J connectivity index is 1.74. The largest absolute Gasteiger partial charge is 0.462 e. The smallest absolute Gasteiger partial charge is 0.416 e. The molecule has 0 unspecified atom stereocenters. The number of hydrogen-bond acceptors (Lipinski definition) is 3. The third kappa shape index (κ3) is 4.52. The second-order valence-electron chi connectivity index (χ2n) is 7.03. The molecule has 0 radical (unpaired) electrons. The van der Waals surface area contributed by atoms with Gasteiger partial charge in [-0.25, -0.2) is 9.18 Å². The highest BCUT2D eigenvalue weighted by Crippen LogP contribution is 2.37. The number of benzene rings is 2. The summed E-state index contributed by atoms with van der Waals surface area (Å²) in [6, 6.07) is 10.5. The standard InChI is InChI=1S/C21H21F4NO2/c1-26-12-4-5-15(13-28-20(27)17-6-2-3-7-18(17)22)19(26)14-8-10-16(11-9-14)21(23,24)25/h2-3,6-11,15,19H,4-5,12-13H2,1H3/t15-,19+/m1/s1. The predicted octanol–water partition coefficient (Wildman–Crippen LogP) is 5.08. The summed E-state index contributed by atoms with van der Waals surface area (Å²) in [5, 5.41) is 0. The maximum Gasteiger partial charge on any atom is 0.416 e. The van der Waals surface area contributed by atoms with Crippen LogP contribution in [0.25, 0.3) is 0 Å². The molecule has 7 heteroatoms. The molecule has 0 bridgehead atoms. The lowest BCUT2D eigenvalue weighted by atomic mass is 9.85. The van der Waals surface area contributed by atoms with Crippen LogP contribution in [0.1, 0.15) is 40.4 Å². The average Bonchev–Trinajstić information content (AvgIpc) is 2.66. The summed E-state index contributed by atoms with van der Waals surface area (Å²) >= 11 is 0. The minimum atomic E-state index is -4.38. The third-order valence-electron chi connectivity index (χ3n) is 5.11. The first-order valence-electron chi connectivity index (χ1n) is 9.06. The van der Waals surface area contributed by atoms with Crippen molar-refractivity contribution in [1.29, 1.82) is 0 Å². The van der Waals surface area contributed by atoms with Crippen LogP contribution in [0.5, 0.6) is 0 Å². The first-order valence-corrected chi connectivity index (χ1v) is 9.06. The minimum absolute atomic E-state index is 0.0726. The summed E-state index contributed by atoms with van der Waals surface area (Å²) in [5.41, 5.74) is -0.0860. The number of hydrogen-bond donors (Lipinski definition) is 0. The highest BCUT2D eigenvalue weighted by atomic mass is 19.4. The summed E-state index contributed by atoms with van der Waals surface area (Å²) < 4.78 is 57.5. The molecule has 2 atom stereocenters. The second-order valence-corrected chi connectivity index (χ2v) is 7.03. The zero-order valence-corrected chi connectivity index (χ0v) is 15.4. The molecule has 2 aromatic carbocycles. The number of halogens is 4. The van der Waals surface area contributed by atoms with Crippen LogP contribution in [0.4, 0.5) is 17.6 Å². The lowest BCUT2D eigenvalue weighted by Gasteiger charge is -2.39. The van der Waals surface area contributed by atoms with Crippen molar-refractivity contribution in [1.82, 2.24) is 4.90 Å². The molecule has 3 nitrogen and oxygen atoms in total. The summed E-state index contributed by atoms with van der Waals surface area (Å²) in [7, 11) is 1.90. The molecule has 2 aromatic rings. The number of carbonyl (C=O) groups is 1. The van der Waals surface area contributed by atoms with Crippen molar-refractivity contribution in [3.63, 3.8) is 0 Å². The van der Waals surface area contributed by atoms with Gasteiger partial charge in [-0.2, -0.15) is 13.2 Å². The normalized spacial score (nSPS) is 20.8. The highest BCUT2D eigenvalue weighted by Gasteiger charge is 2.34. The van der Waals surface area contributed by atoms with E-state index in [1.165, 1.54) is 30.3 Å². The molecule has 0 N–H and O–H groups in total. The fraction of sp³-hybridized carbons (Fsp3) is 0.381. The number of rotatable bonds is 4. The Labute approximate surface area is 160 Å². The van der Waals surface area contributed by atoms with E-state index in [4.69, 9.17) is 4.74 Å². The fourth-order valence-electron chi connectivity index (χ4n) is 3.72. The molecule has 1 aliphatic heterocycles. The van der Waals surface area contributed by atoms with Crippen molar-refractivity contribution in [3.8, 4) is 0 Å². The number of carbonyl (C=O) groups excluding carboxylic acids is 1. The van der Waals surface area contributed by atoms with E-state index in [1.54, 1.807) is 6.07 Å². The van der Waals surface area contributed by atoms with Crippen LogP contribution in [-0.4, -0.2) is 31.1 Å². The quantitative estimate of drug-likeness (QED) is 0.534. The van der Waals surface area contributed by atoms with Gasteiger partial charge in [0.15, 0.2) is 0 Å². The number of likely N-dealkylation sites (tertiary alicyclic amines) is 1. The van der Waals surface area contributed by atoms with Gasteiger partial charge in [0, 0.05) is 12.0 Å². The lowest BCUT2D eigenvalue weighted by Crippen LogP contribution is -2.38.